The van der Waals surface area contributed by atoms with Gasteiger partial charge in [0.1, 0.15) is 0 Å². The van der Waals surface area contributed by atoms with E-state index in [0.717, 1.165) is 0 Å². The molecular weight excluding hydrogens is 264 g/mol. The Labute approximate surface area is 129 Å². The van der Waals surface area contributed by atoms with Gasteiger partial charge in [-0.2, -0.15) is 0 Å². The van der Waals surface area contributed by atoms with Gasteiger partial charge in [-0.25, -0.2) is 0 Å². The molecule has 0 amide bonds. The maximum atomic E-state index is 5.67. The number of hydrogen-bond acceptors (Lipinski definition) is 3. The number of unbranched alkanes of at least 4 members (excludes halogenated alkanes) is 6. The van der Waals surface area contributed by atoms with E-state index in [1.54, 1.807) is 0 Å². The Bertz CT molecular complexity index is 298. The van der Waals surface area contributed by atoms with Crippen molar-refractivity contribution < 1.29 is 0 Å². The average Bonchev–Trinajstić information content (AvgIpc) is 2.97. The normalized spacial score (nSPS) is 12.7. The molecule has 2 nitrogen and oxygen atoms in total. The minimum absolute atomic E-state index is 0.505. The fraction of sp³-hybridized carbons (Fsp3) is 0.765. The smallest absolute Gasteiger partial charge is 0.0210 e. The second-order valence-electron chi connectivity index (χ2n) is 5.75. The van der Waals surface area contributed by atoms with Crippen molar-refractivity contribution in [1.82, 2.24) is 5.43 Å². The van der Waals surface area contributed by atoms with Crippen molar-refractivity contribution in [3.63, 3.8) is 0 Å². The molecule has 116 valence electrons. The minimum atomic E-state index is 0.505. The molecule has 0 aromatic carbocycles. The number of hydrogen-bond donors (Lipinski definition) is 2. The van der Waals surface area contributed by atoms with E-state index in [2.05, 4.69) is 29.9 Å². The number of nitrogens with two attached hydrogens (primary N) is 1. The molecule has 0 aliphatic carbocycles. The van der Waals surface area contributed by atoms with Crippen LogP contribution >= 0.6 is 11.3 Å². The Hall–Kier alpha value is -0.380. The summed E-state index contributed by atoms with van der Waals surface area (Å²) in [5.74, 6) is 5.67. The van der Waals surface area contributed by atoms with Crippen LogP contribution in [0.5, 0.6) is 0 Å². The van der Waals surface area contributed by atoms with Gasteiger partial charge in [-0.15, -0.1) is 11.3 Å². The Morgan fingerprint density at radius 1 is 1.05 bits per heavy atom. The lowest BCUT2D eigenvalue weighted by molar-refractivity contribution is 0.428. The lowest BCUT2D eigenvalue weighted by Crippen LogP contribution is -2.35. The lowest BCUT2D eigenvalue weighted by Gasteiger charge is -2.15. The summed E-state index contributed by atoms with van der Waals surface area (Å²) in [5.41, 5.74) is 3.00. The third kappa shape index (κ3) is 8.72. The zero-order chi connectivity index (χ0) is 14.5. The molecule has 20 heavy (non-hydrogen) atoms. The van der Waals surface area contributed by atoms with Crippen molar-refractivity contribution in [2.75, 3.05) is 0 Å². The zero-order valence-corrected chi connectivity index (χ0v) is 13.9. The van der Waals surface area contributed by atoms with Crippen LogP contribution in [0.25, 0.3) is 0 Å². The summed E-state index contributed by atoms with van der Waals surface area (Å²) in [6.07, 6.45) is 14.5. The highest BCUT2D eigenvalue weighted by Gasteiger charge is 2.06. The van der Waals surface area contributed by atoms with Crippen LogP contribution in [0.3, 0.4) is 0 Å². The third-order valence-corrected chi connectivity index (χ3v) is 4.88. The summed E-state index contributed by atoms with van der Waals surface area (Å²) in [6, 6.07) is 4.87. The second kappa shape index (κ2) is 12.4. The molecule has 1 aromatic heterocycles. The molecule has 0 saturated carbocycles. The fourth-order valence-electron chi connectivity index (χ4n) is 2.64. The van der Waals surface area contributed by atoms with Crippen LogP contribution in [0, 0.1) is 0 Å². The fourth-order valence-corrected chi connectivity index (χ4v) is 3.39. The van der Waals surface area contributed by atoms with Gasteiger partial charge >= 0.3 is 0 Å². The molecule has 0 aliphatic heterocycles. The highest BCUT2D eigenvalue weighted by molar-refractivity contribution is 7.09. The van der Waals surface area contributed by atoms with E-state index in [4.69, 9.17) is 5.84 Å². The maximum absolute atomic E-state index is 5.67. The molecule has 1 heterocycles. The minimum Gasteiger partial charge on any atom is -0.271 e. The summed E-state index contributed by atoms with van der Waals surface area (Å²) >= 11 is 1.86. The van der Waals surface area contributed by atoms with E-state index in [9.17, 15) is 0 Å². The van der Waals surface area contributed by atoms with Gasteiger partial charge in [0.15, 0.2) is 0 Å². The van der Waals surface area contributed by atoms with Gasteiger partial charge in [-0.05, 0) is 37.1 Å². The Kier molecular flexibility index (Phi) is 10.9. The highest BCUT2D eigenvalue weighted by Crippen LogP contribution is 2.15. The molecule has 1 rings (SSSR count). The Balaban J connectivity index is 1.96. The highest BCUT2D eigenvalue weighted by atomic mass is 32.1. The van der Waals surface area contributed by atoms with Gasteiger partial charge in [-0.3, -0.25) is 11.3 Å². The van der Waals surface area contributed by atoms with Crippen LogP contribution in [-0.2, 0) is 6.42 Å². The number of nitrogens with one attached hydrogen (secondary N) is 1. The van der Waals surface area contributed by atoms with Crippen LogP contribution in [0.1, 0.15) is 76.0 Å². The van der Waals surface area contributed by atoms with Gasteiger partial charge in [0.2, 0.25) is 0 Å². The van der Waals surface area contributed by atoms with Gasteiger partial charge in [0, 0.05) is 10.9 Å². The average molecular weight is 297 g/mol. The summed E-state index contributed by atoms with van der Waals surface area (Å²) in [4.78, 5) is 1.50. The van der Waals surface area contributed by atoms with Crippen LogP contribution < -0.4 is 11.3 Å². The first-order chi connectivity index (χ1) is 9.86. The van der Waals surface area contributed by atoms with Crippen molar-refractivity contribution in [3.8, 4) is 0 Å². The molecular formula is C17H32N2S. The van der Waals surface area contributed by atoms with E-state index >= 15 is 0 Å². The quantitative estimate of drug-likeness (QED) is 0.304. The molecule has 1 aromatic rings. The first-order valence-electron chi connectivity index (χ1n) is 8.35. The summed E-state index contributed by atoms with van der Waals surface area (Å²) < 4.78 is 0. The van der Waals surface area contributed by atoms with E-state index in [-0.39, 0.29) is 0 Å². The number of hydrazine groups is 1. The van der Waals surface area contributed by atoms with Crippen molar-refractivity contribution in [3.05, 3.63) is 22.4 Å². The third-order valence-electron chi connectivity index (χ3n) is 3.95. The Morgan fingerprint density at radius 3 is 2.40 bits per heavy atom. The molecule has 1 atom stereocenters. The number of aryl methyl sites for hydroxylation is 1. The van der Waals surface area contributed by atoms with Crippen LogP contribution in [0.4, 0.5) is 0 Å². The zero-order valence-electron chi connectivity index (χ0n) is 13.1. The SMILES string of the molecule is CCCCCCCCCC(CCCc1cccs1)NN. The number of thiophene rings is 1. The molecule has 0 radical (unpaired) electrons. The standard InChI is InChI=1S/C17H32N2S/c1-2-3-4-5-6-7-8-11-16(19-18)12-9-13-17-14-10-15-20-17/h10,14-16,19H,2-9,11-13,18H2,1H3. The molecule has 0 bridgehead atoms. The Morgan fingerprint density at radius 2 is 1.75 bits per heavy atom. The van der Waals surface area contributed by atoms with Gasteiger partial charge in [0.25, 0.3) is 0 Å². The van der Waals surface area contributed by atoms with Crippen molar-refractivity contribution in [2.24, 2.45) is 5.84 Å². The summed E-state index contributed by atoms with van der Waals surface area (Å²) in [6.45, 7) is 2.27. The van der Waals surface area contributed by atoms with Crippen molar-refractivity contribution in [1.29, 1.82) is 0 Å². The van der Waals surface area contributed by atoms with Gasteiger partial charge in [0.05, 0.1) is 0 Å². The predicted octanol–water partition coefficient (Wildman–Crippen LogP) is 5.04. The topological polar surface area (TPSA) is 38.0 Å². The lowest BCUT2D eigenvalue weighted by atomic mass is 10.0. The predicted molar refractivity (Wildman–Crippen MR) is 91.0 cm³/mol. The monoisotopic (exact) mass is 296 g/mol. The van der Waals surface area contributed by atoms with Crippen molar-refractivity contribution >= 4 is 11.3 Å². The molecule has 0 spiro atoms. The van der Waals surface area contributed by atoms with E-state index < -0.39 is 0 Å². The van der Waals surface area contributed by atoms with Crippen LogP contribution in [0.2, 0.25) is 0 Å². The first-order valence-corrected chi connectivity index (χ1v) is 9.23. The van der Waals surface area contributed by atoms with E-state index in [1.807, 2.05) is 11.3 Å². The van der Waals surface area contributed by atoms with Crippen LogP contribution in [-0.4, -0.2) is 6.04 Å². The molecule has 3 heteroatoms. The van der Waals surface area contributed by atoms with Gasteiger partial charge in [-0.1, -0.05) is 57.9 Å². The summed E-state index contributed by atoms with van der Waals surface area (Å²) in [5, 5.41) is 2.16. The van der Waals surface area contributed by atoms with Crippen molar-refractivity contribution in [2.45, 2.75) is 83.6 Å². The molecule has 0 aliphatic rings. The maximum Gasteiger partial charge on any atom is 0.0210 e. The first kappa shape index (κ1) is 17.7. The summed E-state index contributed by atoms with van der Waals surface area (Å²) in [7, 11) is 0. The molecule has 3 N–H and O–H groups in total. The van der Waals surface area contributed by atoms with E-state index in [0.29, 0.717) is 6.04 Å². The van der Waals surface area contributed by atoms with Crippen LogP contribution in [0.15, 0.2) is 17.5 Å². The van der Waals surface area contributed by atoms with Gasteiger partial charge < -0.3 is 0 Å². The second-order valence-corrected chi connectivity index (χ2v) is 6.78. The largest absolute Gasteiger partial charge is 0.271 e. The molecule has 0 saturated heterocycles. The molecule has 0 fully saturated rings. The van der Waals surface area contributed by atoms with E-state index in [1.165, 1.54) is 75.5 Å². The molecule has 1 unspecified atom stereocenters. The number of rotatable bonds is 13.